The van der Waals surface area contributed by atoms with Crippen LogP contribution in [0.1, 0.15) is 15.9 Å². The number of rotatable bonds is 4. The lowest BCUT2D eigenvalue weighted by Crippen LogP contribution is -2.07. The second-order valence-corrected chi connectivity index (χ2v) is 5.07. The predicted molar refractivity (Wildman–Crippen MR) is 73.7 cm³/mol. The van der Waals surface area contributed by atoms with Gasteiger partial charge in [-0.1, -0.05) is 18.2 Å². The molecule has 0 fully saturated rings. The first kappa shape index (κ1) is 14.5. The van der Waals surface area contributed by atoms with Crippen LogP contribution >= 0.6 is 11.8 Å². The minimum absolute atomic E-state index is 0.0508. The van der Waals surface area contributed by atoms with Crippen LogP contribution in [0, 0.1) is 11.6 Å². The highest BCUT2D eigenvalue weighted by Crippen LogP contribution is 2.26. The number of halogens is 2. The van der Waals surface area contributed by atoms with Crippen molar-refractivity contribution in [2.75, 3.05) is 7.11 Å². The van der Waals surface area contributed by atoms with E-state index in [1.165, 1.54) is 18.9 Å². The number of thioether (sulfide) groups is 1. The first-order valence-corrected chi connectivity index (χ1v) is 6.84. The number of carbonyl (C=O) groups excluding carboxylic acids is 1. The van der Waals surface area contributed by atoms with Gasteiger partial charge in [0.05, 0.1) is 12.7 Å². The Kier molecular flexibility index (Phi) is 4.74. The zero-order valence-electron chi connectivity index (χ0n) is 10.7. The van der Waals surface area contributed by atoms with Crippen molar-refractivity contribution >= 4 is 17.7 Å². The smallest absolute Gasteiger partial charge is 0.338 e. The molecule has 20 heavy (non-hydrogen) atoms. The molecule has 5 heteroatoms. The molecule has 0 aliphatic carbocycles. The molecular formula is C15H12F2O2S. The molecule has 0 saturated heterocycles. The molecule has 0 bridgehead atoms. The van der Waals surface area contributed by atoms with Crippen LogP contribution in [0.3, 0.4) is 0 Å². The second-order valence-electron chi connectivity index (χ2n) is 4.02. The lowest BCUT2D eigenvalue weighted by Gasteiger charge is -2.08. The van der Waals surface area contributed by atoms with Gasteiger partial charge in [0.15, 0.2) is 11.6 Å². The maximum absolute atomic E-state index is 13.3. The molecule has 0 amide bonds. The topological polar surface area (TPSA) is 26.3 Å². The molecular weight excluding hydrogens is 282 g/mol. The number of benzene rings is 2. The van der Waals surface area contributed by atoms with Gasteiger partial charge in [0.25, 0.3) is 0 Å². The van der Waals surface area contributed by atoms with Gasteiger partial charge < -0.3 is 4.74 Å². The largest absolute Gasteiger partial charge is 0.465 e. The Morgan fingerprint density at radius 1 is 1.15 bits per heavy atom. The van der Waals surface area contributed by atoms with Crippen LogP contribution in [0.5, 0.6) is 0 Å². The van der Waals surface area contributed by atoms with Crippen LogP contribution < -0.4 is 0 Å². The Hall–Kier alpha value is -1.88. The van der Waals surface area contributed by atoms with Gasteiger partial charge in [-0.25, -0.2) is 13.6 Å². The van der Waals surface area contributed by atoms with E-state index in [-0.39, 0.29) is 5.56 Å². The van der Waals surface area contributed by atoms with Crippen molar-refractivity contribution in [3.63, 3.8) is 0 Å². The van der Waals surface area contributed by atoms with E-state index in [1.807, 2.05) is 30.3 Å². The van der Waals surface area contributed by atoms with Crippen molar-refractivity contribution in [2.24, 2.45) is 0 Å². The molecule has 104 valence electrons. The molecule has 0 saturated carbocycles. The Labute approximate surface area is 119 Å². The van der Waals surface area contributed by atoms with Gasteiger partial charge in [-0.2, -0.15) is 0 Å². The summed E-state index contributed by atoms with van der Waals surface area (Å²) < 4.78 is 31.1. The van der Waals surface area contributed by atoms with E-state index in [2.05, 4.69) is 4.74 Å². The summed E-state index contributed by atoms with van der Waals surface area (Å²) in [6, 6.07) is 11.4. The van der Waals surface area contributed by atoms with E-state index in [0.717, 1.165) is 17.0 Å². The van der Waals surface area contributed by atoms with Crippen LogP contribution in [-0.2, 0) is 10.5 Å². The third-order valence-electron chi connectivity index (χ3n) is 2.69. The molecule has 0 spiro atoms. The molecule has 0 aliphatic heterocycles. The summed E-state index contributed by atoms with van der Waals surface area (Å²) in [4.78, 5) is 12.6. The normalized spacial score (nSPS) is 10.3. The van der Waals surface area contributed by atoms with Gasteiger partial charge in [-0.05, 0) is 29.8 Å². The Morgan fingerprint density at radius 3 is 2.45 bits per heavy atom. The molecule has 0 unspecified atom stereocenters. The van der Waals surface area contributed by atoms with Crippen molar-refractivity contribution < 1.29 is 18.3 Å². The second kappa shape index (κ2) is 6.52. The molecule has 0 atom stereocenters. The molecule has 0 N–H and O–H groups in total. The van der Waals surface area contributed by atoms with E-state index < -0.39 is 17.6 Å². The van der Waals surface area contributed by atoms with Gasteiger partial charge >= 0.3 is 5.97 Å². The van der Waals surface area contributed by atoms with Crippen LogP contribution in [0.15, 0.2) is 47.4 Å². The number of carbonyl (C=O) groups is 1. The molecule has 0 heterocycles. The first-order valence-electron chi connectivity index (χ1n) is 5.86. The molecule has 2 nitrogen and oxygen atoms in total. The summed E-state index contributed by atoms with van der Waals surface area (Å²) in [5.74, 6) is -2.35. The zero-order chi connectivity index (χ0) is 14.5. The van der Waals surface area contributed by atoms with Gasteiger partial charge in [0.2, 0.25) is 0 Å². The summed E-state index contributed by atoms with van der Waals surface area (Å²) in [6.07, 6.45) is 0. The van der Waals surface area contributed by atoms with Crippen LogP contribution in [0.2, 0.25) is 0 Å². The van der Waals surface area contributed by atoms with Crippen molar-refractivity contribution in [1.82, 2.24) is 0 Å². The number of hydrogen-bond acceptors (Lipinski definition) is 3. The highest BCUT2D eigenvalue weighted by atomic mass is 32.2. The van der Waals surface area contributed by atoms with E-state index in [1.54, 1.807) is 0 Å². The standard InChI is InChI=1S/C15H12F2O2S/c1-19-15(18)12-8-14(17)13(16)7-10(12)9-20-11-5-3-2-4-6-11/h2-8H,9H2,1H3. The molecule has 0 radical (unpaired) electrons. The van der Waals surface area contributed by atoms with Crippen molar-refractivity contribution in [1.29, 1.82) is 0 Å². The third-order valence-corrected chi connectivity index (χ3v) is 3.75. The van der Waals surface area contributed by atoms with Gasteiger partial charge in [-0.15, -0.1) is 11.8 Å². The minimum Gasteiger partial charge on any atom is -0.465 e. The first-order chi connectivity index (χ1) is 9.61. The third kappa shape index (κ3) is 3.36. The Morgan fingerprint density at radius 2 is 1.80 bits per heavy atom. The average Bonchev–Trinajstić information content (AvgIpc) is 2.48. The number of esters is 1. The number of methoxy groups -OCH3 is 1. The summed E-state index contributed by atoms with van der Waals surface area (Å²) in [5.41, 5.74) is 0.458. The molecule has 2 rings (SSSR count). The Bertz CT molecular complexity index is 615. The van der Waals surface area contributed by atoms with Crippen LogP contribution in [0.25, 0.3) is 0 Å². The fraction of sp³-hybridized carbons (Fsp3) is 0.133. The molecule has 2 aromatic carbocycles. The van der Waals surface area contributed by atoms with E-state index in [9.17, 15) is 13.6 Å². The van der Waals surface area contributed by atoms with Gasteiger partial charge in [-0.3, -0.25) is 0 Å². The Balaban J connectivity index is 2.26. The predicted octanol–water partition coefficient (Wildman–Crippen LogP) is 4.04. The van der Waals surface area contributed by atoms with Crippen LogP contribution in [0.4, 0.5) is 8.78 Å². The molecule has 2 aromatic rings. The summed E-state index contributed by atoms with van der Waals surface area (Å²) in [6.45, 7) is 0. The minimum atomic E-state index is -1.06. The molecule has 0 aliphatic rings. The fourth-order valence-corrected chi connectivity index (χ4v) is 2.60. The number of hydrogen-bond donors (Lipinski definition) is 0. The monoisotopic (exact) mass is 294 g/mol. The van der Waals surface area contributed by atoms with E-state index in [0.29, 0.717) is 11.3 Å². The molecule has 0 aromatic heterocycles. The lowest BCUT2D eigenvalue weighted by atomic mass is 10.1. The van der Waals surface area contributed by atoms with E-state index in [4.69, 9.17) is 0 Å². The summed E-state index contributed by atoms with van der Waals surface area (Å²) in [7, 11) is 1.21. The van der Waals surface area contributed by atoms with Crippen molar-refractivity contribution in [3.05, 3.63) is 65.2 Å². The van der Waals surface area contributed by atoms with Crippen molar-refractivity contribution in [2.45, 2.75) is 10.6 Å². The highest BCUT2D eigenvalue weighted by molar-refractivity contribution is 7.98. The van der Waals surface area contributed by atoms with Gasteiger partial charge in [0, 0.05) is 10.6 Å². The van der Waals surface area contributed by atoms with Crippen LogP contribution in [-0.4, -0.2) is 13.1 Å². The van der Waals surface area contributed by atoms with E-state index >= 15 is 0 Å². The maximum atomic E-state index is 13.3. The SMILES string of the molecule is COC(=O)c1cc(F)c(F)cc1CSc1ccccc1. The van der Waals surface area contributed by atoms with Gasteiger partial charge in [0.1, 0.15) is 0 Å². The highest BCUT2D eigenvalue weighted by Gasteiger charge is 2.16. The van der Waals surface area contributed by atoms with Crippen molar-refractivity contribution in [3.8, 4) is 0 Å². The summed E-state index contributed by atoms with van der Waals surface area (Å²) >= 11 is 1.43. The quantitative estimate of drug-likeness (QED) is 0.629. The maximum Gasteiger partial charge on any atom is 0.338 e. The fourth-order valence-electron chi connectivity index (χ4n) is 1.69. The summed E-state index contributed by atoms with van der Waals surface area (Å²) in [5, 5.41) is 0. The zero-order valence-corrected chi connectivity index (χ0v) is 11.5. The number of ether oxygens (including phenoxy) is 1. The lowest BCUT2D eigenvalue weighted by molar-refractivity contribution is 0.0599. The average molecular weight is 294 g/mol.